The average molecular weight is 191 g/mol. The van der Waals surface area contributed by atoms with Gasteiger partial charge in [-0.15, -0.1) is 0 Å². The molecule has 0 radical (unpaired) electrons. The second kappa shape index (κ2) is 6.38. The first-order valence-electron chi connectivity index (χ1n) is 3.73. The molecule has 13 heavy (non-hydrogen) atoms. The number of amides is 1. The molecule has 0 aliphatic carbocycles. The highest BCUT2D eigenvalue weighted by molar-refractivity contribution is 5.84. The molecule has 76 valence electrons. The molecule has 0 rings (SSSR count). The number of nitrogens with one attached hydrogen (secondary N) is 1. The summed E-state index contributed by atoms with van der Waals surface area (Å²) in [6, 6.07) is -1.05. The molecule has 1 atom stereocenters. The van der Waals surface area contributed by atoms with Crippen LogP contribution in [0.3, 0.4) is 0 Å². The van der Waals surface area contributed by atoms with E-state index in [1.54, 1.807) is 0 Å². The molecule has 0 aromatic rings. The standard InChI is InChI=1S/C7H13NO5/c1-13-4-6(10)8-5(2-3-9)7(11)12/h5,9H,2-4H2,1H3,(H,8,10)(H,11,12)/t5-/m0/s1. The summed E-state index contributed by atoms with van der Waals surface area (Å²) in [7, 11) is 1.33. The Bertz CT molecular complexity index is 182. The van der Waals surface area contributed by atoms with Crippen LogP contribution in [0.4, 0.5) is 0 Å². The van der Waals surface area contributed by atoms with Crippen LogP contribution in [0.1, 0.15) is 6.42 Å². The molecule has 3 N–H and O–H groups in total. The summed E-state index contributed by atoms with van der Waals surface area (Å²) >= 11 is 0. The Morgan fingerprint density at radius 2 is 2.15 bits per heavy atom. The number of carboxylic acids is 1. The average Bonchev–Trinajstić information content (AvgIpc) is 2.04. The third-order valence-electron chi connectivity index (χ3n) is 1.33. The normalized spacial score (nSPS) is 12.2. The zero-order valence-corrected chi connectivity index (χ0v) is 7.32. The number of carbonyl (C=O) groups excluding carboxylic acids is 1. The molecule has 0 bridgehead atoms. The van der Waals surface area contributed by atoms with Crippen molar-refractivity contribution in [3.8, 4) is 0 Å². The van der Waals surface area contributed by atoms with E-state index in [0.29, 0.717) is 0 Å². The number of aliphatic carboxylic acids is 1. The van der Waals surface area contributed by atoms with Crippen LogP contribution in [-0.4, -0.2) is 48.5 Å². The second-order valence-electron chi connectivity index (χ2n) is 2.40. The number of aliphatic hydroxyl groups excluding tert-OH is 1. The maximum Gasteiger partial charge on any atom is 0.326 e. The fourth-order valence-electron chi connectivity index (χ4n) is 0.754. The number of hydrogen-bond acceptors (Lipinski definition) is 4. The molecular formula is C7H13NO5. The Morgan fingerprint density at radius 3 is 2.54 bits per heavy atom. The molecule has 0 spiro atoms. The largest absolute Gasteiger partial charge is 0.480 e. The summed E-state index contributed by atoms with van der Waals surface area (Å²) < 4.78 is 4.49. The van der Waals surface area contributed by atoms with Crippen LogP contribution in [0.2, 0.25) is 0 Å². The lowest BCUT2D eigenvalue weighted by Crippen LogP contribution is -2.42. The smallest absolute Gasteiger partial charge is 0.326 e. The van der Waals surface area contributed by atoms with E-state index in [1.165, 1.54) is 7.11 Å². The highest BCUT2D eigenvalue weighted by atomic mass is 16.5. The molecule has 0 fully saturated rings. The molecule has 0 aliphatic rings. The Kier molecular flexibility index (Phi) is 5.82. The van der Waals surface area contributed by atoms with Crippen LogP contribution >= 0.6 is 0 Å². The summed E-state index contributed by atoms with van der Waals surface area (Å²) in [6.45, 7) is -0.473. The Balaban J connectivity index is 3.94. The van der Waals surface area contributed by atoms with Gasteiger partial charge in [0, 0.05) is 20.1 Å². The lowest BCUT2D eigenvalue weighted by Gasteiger charge is -2.12. The highest BCUT2D eigenvalue weighted by Crippen LogP contribution is 1.91. The Hall–Kier alpha value is -1.14. The van der Waals surface area contributed by atoms with E-state index >= 15 is 0 Å². The van der Waals surface area contributed by atoms with E-state index in [4.69, 9.17) is 10.2 Å². The first-order chi connectivity index (χ1) is 6.11. The van der Waals surface area contributed by atoms with Crippen molar-refractivity contribution in [3.63, 3.8) is 0 Å². The topological polar surface area (TPSA) is 95.9 Å². The molecule has 0 aromatic heterocycles. The van der Waals surface area contributed by atoms with E-state index in [-0.39, 0.29) is 19.6 Å². The predicted molar refractivity (Wildman–Crippen MR) is 43.1 cm³/mol. The van der Waals surface area contributed by atoms with Gasteiger partial charge in [0.2, 0.25) is 5.91 Å². The molecular weight excluding hydrogens is 178 g/mol. The van der Waals surface area contributed by atoms with E-state index < -0.39 is 17.9 Å². The van der Waals surface area contributed by atoms with Crippen molar-refractivity contribution in [3.05, 3.63) is 0 Å². The number of methoxy groups -OCH3 is 1. The number of carbonyl (C=O) groups is 2. The van der Waals surface area contributed by atoms with Crippen molar-refractivity contribution in [2.45, 2.75) is 12.5 Å². The number of hydrogen-bond donors (Lipinski definition) is 3. The lowest BCUT2D eigenvalue weighted by molar-refractivity contribution is -0.142. The Labute approximate surface area is 75.5 Å². The van der Waals surface area contributed by atoms with Crippen LogP contribution < -0.4 is 5.32 Å². The first-order valence-corrected chi connectivity index (χ1v) is 3.73. The van der Waals surface area contributed by atoms with E-state index in [1.807, 2.05) is 0 Å². The minimum Gasteiger partial charge on any atom is -0.480 e. The highest BCUT2D eigenvalue weighted by Gasteiger charge is 2.18. The van der Waals surface area contributed by atoms with Crippen molar-refractivity contribution in [2.24, 2.45) is 0 Å². The zero-order chi connectivity index (χ0) is 10.3. The van der Waals surface area contributed by atoms with Gasteiger partial charge >= 0.3 is 5.97 Å². The Morgan fingerprint density at radius 1 is 1.54 bits per heavy atom. The van der Waals surface area contributed by atoms with E-state index in [2.05, 4.69) is 10.1 Å². The van der Waals surface area contributed by atoms with Crippen LogP contribution in [-0.2, 0) is 14.3 Å². The third kappa shape index (κ3) is 5.15. The van der Waals surface area contributed by atoms with Crippen molar-refractivity contribution < 1.29 is 24.5 Å². The SMILES string of the molecule is COCC(=O)N[C@@H](CCO)C(=O)O. The summed E-state index contributed by atoms with van der Waals surface area (Å²) in [5, 5.41) is 19.2. The maximum atomic E-state index is 10.9. The van der Waals surface area contributed by atoms with Gasteiger partial charge < -0.3 is 20.3 Å². The van der Waals surface area contributed by atoms with Gasteiger partial charge in [0.25, 0.3) is 0 Å². The predicted octanol–water partition coefficient (Wildman–Crippen LogP) is -1.42. The number of carboxylic acid groups (broad SMARTS) is 1. The minimum absolute atomic E-state index is 0.00914. The molecule has 0 unspecified atom stereocenters. The molecule has 0 heterocycles. The fraction of sp³-hybridized carbons (Fsp3) is 0.714. The third-order valence-corrected chi connectivity index (χ3v) is 1.33. The quantitative estimate of drug-likeness (QED) is 0.479. The van der Waals surface area contributed by atoms with Gasteiger partial charge in [-0.1, -0.05) is 0 Å². The second-order valence-corrected chi connectivity index (χ2v) is 2.40. The number of rotatable bonds is 6. The fourth-order valence-corrected chi connectivity index (χ4v) is 0.754. The summed E-state index contributed by atoms with van der Waals surface area (Å²) in [5.41, 5.74) is 0. The maximum absolute atomic E-state index is 10.9. The molecule has 6 heteroatoms. The van der Waals surface area contributed by atoms with Crippen molar-refractivity contribution in [1.82, 2.24) is 5.32 Å². The van der Waals surface area contributed by atoms with Crippen LogP contribution in [0.15, 0.2) is 0 Å². The summed E-state index contributed by atoms with van der Waals surface area (Å²) in [5.74, 6) is -1.68. The van der Waals surface area contributed by atoms with Gasteiger partial charge in [-0.2, -0.15) is 0 Å². The molecule has 1 amide bonds. The molecule has 0 saturated carbocycles. The zero-order valence-electron chi connectivity index (χ0n) is 7.32. The van der Waals surface area contributed by atoms with Crippen molar-refractivity contribution in [1.29, 1.82) is 0 Å². The molecule has 6 nitrogen and oxygen atoms in total. The monoisotopic (exact) mass is 191 g/mol. The molecule has 0 aliphatic heterocycles. The van der Waals surface area contributed by atoms with Crippen molar-refractivity contribution >= 4 is 11.9 Å². The number of aliphatic hydroxyl groups is 1. The van der Waals surface area contributed by atoms with Gasteiger partial charge in [0.1, 0.15) is 12.6 Å². The molecule has 0 aromatic carbocycles. The van der Waals surface area contributed by atoms with Gasteiger partial charge in [-0.25, -0.2) is 4.79 Å². The van der Waals surface area contributed by atoms with Crippen LogP contribution in [0, 0.1) is 0 Å². The minimum atomic E-state index is -1.17. The molecule has 0 saturated heterocycles. The lowest BCUT2D eigenvalue weighted by atomic mass is 10.2. The summed E-state index contributed by atoms with van der Waals surface area (Å²) in [4.78, 5) is 21.3. The first kappa shape index (κ1) is 11.9. The number of ether oxygens (including phenoxy) is 1. The van der Waals surface area contributed by atoms with Gasteiger partial charge in [0.05, 0.1) is 0 Å². The van der Waals surface area contributed by atoms with Crippen molar-refractivity contribution in [2.75, 3.05) is 20.3 Å². The van der Waals surface area contributed by atoms with Crippen LogP contribution in [0.25, 0.3) is 0 Å². The van der Waals surface area contributed by atoms with Crippen LogP contribution in [0.5, 0.6) is 0 Å². The van der Waals surface area contributed by atoms with E-state index in [0.717, 1.165) is 0 Å². The van der Waals surface area contributed by atoms with Gasteiger partial charge in [-0.05, 0) is 0 Å². The van der Waals surface area contributed by atoms with Gasteiger partial charge in [0.15, 0.2) is 0 Å². The van der Waals surface area contributed by atoms with E-state index in [9.17, 15) is 9.59 Å². The summed E-state index contributed by atoms with van der Waals surface area (Å²) in [6.07, 6.45) is -0.00914. The van der Waals surface area contributed by atoms with Gasteiger partial charge in [-0.3, -0.25) is 4.79 Å².